The Hall–Kier alpha value is -2.71. The topological polar surface area (TPSA) is 73.6 Å². The maximum absolute atomic E-state index is 12.4. The van der Waals surface area contributed by atoms with Gasteiger partial charge in [0.05, 0.1) is 5.56 Å². The normalized spacial score (nSPS) is 13.8. The number of halogens is 3. The Kier molecular flexibility index (Phi) is 3.39. The number of carbonyl (C=O) groups excluding carboxylic acids is 1. The molecule has 0 saturated carbocycles. The number of nitrogens with one attached hydrogen (secondary N) is 1. The molecule has 0 unspecified atom stereocenters. The Morgan fingerprint density at radius 3 is 2.73 bits per heavy atom. The van der Waals surface area contributed by atoms with Crippen LogP contribution in [0.1, 0.15) is 16.1 Å². The fourth-order valence-electron chi connectivity index (χ4n) is 1.88. The summed E-state index contributed by atoms with van der Waals surface area (Å²) >= 11 is 0. The van der Waals surface area contributed by atoms with Crippen LogP contribution in [0.3, 0.4) is 0 Å². The van der Waals surface area contributed by atoms with Crippen LogP contribution < -0.4 is 14.8 Å². The van der Waals surface area contributed by atoms with E-state index in [1.807, 2.05) is 0 Å². The van der Waals surface area contributed by atoms with E-state index in [0.717, 1.165) is 0 Å². The molecule has 1 amide bonds. The van der Waals surface area contributed by atoms with Gasteiger partial charge in [-0.25, -0.2) is 0 Å². The second-order valence-corrected chi connectivity index (χ2v) is 4.32. The molecule has 0 radical (unpaired) electrons. The highest BCUT2D eigenvalue weighted by molar-refractivity contribution is 6.05. The minimum absolute atomic E-state index is 0.115. The zero-order chi connectivity index (χ0) is 15.7. The van der Waals surface area contributed by atoms with E-state index >= 15 is 0 Å². The first-order valence-corrected chi connectivity index (χ1v) is 6.18. The smallest absolute Gasteiger partial charge is 0.436 e. The lowest BCUT2D eigenvalue weighted by atomic mass is 10.1. The Morgan fingerprint density at radius 1 is 1.23 bits per heavy atom. The van der Waals surface area contributed by atoms with Crippen LogP contribution in [0.15, 0.2) is 28.9 Å². The average molecular weight is 314 g/mol. The van der Waals surface area contributed by atoms with Crippen molar-refractivity contribution in [1.29, 1.82) is 0 Å². The first-order valence-electron chi connectivity index (χ1n) is 6.18. The lowest BCUT2D eigenvalue weighted by Gasteiger charge is -2.20. The molecule has 1 N–H and O–H groups in total. The van der Waals surface area contributed by atoms with Gasteiger partial charge in [-0.2, -0.15) is 18.2 Å². The Labute approximate surface area is 121 Å². The van der Waals surface area contributed by atoms with Crippen LogP contribution in [0.25, 0.3) is 0 Å². The number of oxazole rings is 1. The van der Waals surface area contributed by atoms with E-state index in [1.165, 1.54) is 6.07 Å². The van der Waals surface area contributed by atoms with Gasteiger partial charge in [-0.3, -0.25) is 10.1 Å². The third-order valence-electron chi connectivity index (χ3n) is 2.83. The van der Waals surface area contributed by atoms with Crippen molar-refractivity contribution < 1.29 is 31.9 Å². The summed E-state index contributed by atoms with van der Waals surface area (Å²) < 4.78 is 52.5. The zero-order valence-electron chi connectivity index (χ0n) is 10.9. The molecule has 3 rings (SSSR count). The summed E-state index contributed by atoms with van der Waals surface area (Å²) in [6, 6.07) is 4.10. The quantitative estimate of drug-likeness (QED) is 0.922. The molecular formula is C13H9F3N2O4. The number of rotatable bonds is 2. The molecule has 1 aromatic carbocycles. The van der Waals surface area contributed by atoms with Crippen LogP contribution in [0, 0.1) is 0 Å². The summed E-state index contributed by atoms with van der Waals surface area (Å²) in [7, 11) is 0. The molecule has 1 aliphatic rings. The van der Waals surface area contributed by atoms with Crippen molar-refractivity contribution >= 4 is 11.9 Å². The standard InChI is InChI=1S/C13H9F3N2O4/c14-13(15,16)9-6-22-12(17-9)18-11(19)7-2-1-3-8-10(7)21-5-4-20-8/h1-3,6H,4-5H2,(H,17,18,19). The third kappa shape index (κ3) is 2.69. The Balaban J connectivity index is 1.82. The van der Waals surface area contributed by atoms with Gasteiger partial charge < -0.3 is 13.9 Å². The molecule has 2 aromatic rings. The maximum Gasteiger partial charge on any atom is 0.436 e. The van der Waals surface area contributed by atoms with E-state index in [0.29, 0.717) is 18.6 Å². The van der Waals surface area contributed by atoms with E-state index in [9.17, 15) is 18.0 Å². The van der Waals surface area contributed by atoms with E-state index in [-0.39, 0.29) is 17.9 Å². The van der Waals surface area contributed by atoms with Crippen LogP contribution >= 0.6 is 0 Å². The number of amides is 1. The third-order valence-corrected chi connectivity index (χ3v) is 2.83. The van der Waals surface area contributed by atoms with Crippen LogP contribution in [-0.4, -0.2) is 24.1 Å². The van der Waals surface area contributed by atoms with Crippen LogP contribution in [-0.2, 0) is 6.18 Å². The van der Waals surface area contributed by atoms with Gasteiger partial charge in [0.25, 0.3) is 5.91 Å². The van der Waals surface area contributed by atoms with Crippen molar-refractivity contribution in [1.82, 2.24) is 4.98 Å². The van der Waals surface area contributed by atoms with Gasteiger partial charge in [0.2, 0.25) is 0 Å². The minimum Gasteiger partial charge on any atom is -0.486 e. The zero-order valence-corrected chi connectivity index (χ0v) is 10.9. The van der Waals surface area contributed by atoms with Crippen molar-refractivity contribution in [3.05, 3.63) is 35.7 Å². The van der Waals surface area contributed by atoms with E-state index in [2.05, 4.69) is 14.7 Å². The summed E-state index contributed by atoms with van der Waals surface area (Å²) in [6.45, 7) is 0.626. The molecule has 0 saturated heterocycles. The second kappa shape index (κ2) is 5.24. The predicted octanol–water partition coefficient (Wildman–Crippen LogP) is 2.72. The summed E-state index contributed by atoms with van der Waals surface area (Å²) in [5, 5.41) is 2.15. The van der Waals surface area contributed by atoms with Crippen LogP contribution in [0.4, 0.5) is 19.2 Å². The van der Waals surface area contributed by atoms with Crippen molar-refractivity contribution in [2.24, 2.45) is 0 Å². The minimum atomic E-state index is -4.64. The molecule has 0 fully saturated rings. The molecule has 22 heavy (non-hydrogen) atoms. The highest BCUT2D eigenvalue weighted by Crippen LogP contribution is 2.34. The number of aromatic nitrogens is 1. The number of nitrogens with zero attached hydrogens (tertiary/aromatic N) is 1. The van der Waals surface area contributed by atoms with Gasteiger partial charge in [-0.1, -0.05) is 6.07 Å². The number of hydrogen-bond donors (Lipinski definition) is 1. The van der Waals surface area contributed by atoms with E-state index in [1.54, 1.807) is 12.1 Å². The highest BCUT2D eigenvalue weighted by Gasteiger charge is 2.35. The van der Waals surface area contributed by atoms with Gasteiger partial charge >= 0.3 is 12.2 Å². The molecule has 1 aliphatic heterocycles. The van der Waals surface area contributed by atoms with Gasteiger partial charge in [0.15, 0.2) is 17.2 Å². The number of hydrogen-bond acceptors (Lipinski definition) is 5. The molecule has 6 nitrogen and oxygen atoms in total. The first-order chi connectivity index (χ1) is 10.4. The first kappa shape index (κ1) is 14.2. The van der Waals surface area contributed by atoms with Crippen molar-refractivity contribution in [3.8, 4) is 11.5 Å². The molecule has 0 spiro atoms. The average Bonchev–Trinajstić information content (AvgIpc) is 2.95. The van der Waals surface area contributed by atoms with Gasteiger partial charge in [-0.15, -0.1) is 0 Å². The maximum atomic E-state index is 12.4. The lowest BCUT2D eigenvalue weighted by Crippen LogP contribution is -2.20. The predicted molar refractivity (Wildman–Crippen MR) is 66.9 cm³/mol. The molecule has 116 valence electrons. The number of benzene rings is 1. The van der Waals surface area contributed by atoms with E-state index < -0.39 is 23.8 Å². The largest absolute Gasteiger partial charge is 0.486 e. The molecule has 0 bridgehead atoms. The van der Waals surface area contributed by atoms with Crippen LogP contribution in [0.5, 0.6) is 11.5 Å². The fourth-order valence-corrected chi connectivity index (χ4v) is 1.88. The Morgan fingerprint density at radius 2 is 2.00 bits per heavy atom. The molecule has 9 heteroatoms. The second-order valence-electron chi connectivity index (χ2n) is 4.32. The SMILES string of the molecule is O=C(Nc1nc(C(F)(F)F)co1)c1cccc2c1OCCO2. The molecular weight excluding hydrogens is 305 g/mol. The van der Waals surface area contributed by atoms with Crippen molar-refractivity contribution in [2.75, 3.05) is 18.5 Å². The monoisotopic (exact) mass is 314 g/mol. The van der Waals surface area contributed by atoms with Crippen LogP contribution in [0.2, 0.25) is 0 Å². The molecule has 1 aromatic heterocycles. The number of fused-ring (bicyclic) bond motifs is 1. The summed E-state index contributed by atoms with van der Waals surface area (Å²) in [5.41, 5.74) is -1.11. The van der Waals surface area contributed by atoms with E-state index in [4.69, 9.17) is 9.47 Å². The molecule has 0 aliphatic carbocycles. The number of para-hydroxylation sites is 1. The van der Waals surface area contributed by atoms with Gasteiger partial charge in [-0.05, 0) is 12.1 Å². The number of ether oxygens (including phenoxy) is 2. The number of alkyl halides is 3. The fraction of sp³-hybridized carbons (Fsp3) is 0.231. The van der Waals surface area contributed by atoms with Gasteiger partial charge in [0.1, 0.15) is 19.5 Å². The molecule has 0 atom stereocenters. The van der Waals surface area contributed by atoms with Gasteiger partial charge in [0, 0.05) is 0 Å². The summed E-state index contributed by atoms with van der Waals surface area (Å²) in [4.78, 5) is 15.3. The van der Waals surface area contributed by atoms with Crippen molar-refractivity contribution in [2.45, 2.75) is 6.18 Å². The summed E-state index contributed by atoms with van der Waals surface area (Å²) in [6.07, 6.45) is -4.22. The summed E-state index contributed by atoms with van der Waals surface area (Å²) in [5.74, 6) is -0.0888. The number of anilines is 1. The highest BCUT2D eigenvalue weighted by atomic mass is 19.4. The number of carbonyl (C=O) groups is 1. The Bertz CT molecular complexity index is 712. The molecule has 2 heterocycles. The lowest BCUT2D eigenvalue weighted by molar-refractivity contribution is -0.141. The van der Waals surface area contributed by atoms with Crippen molar-refractivity contribution in [3.63, 3.8) is 0 Å².